The molecule has 1 heterocycles. The fraction of sp³-hybridized carbons (Fsp3) is 0.146. The van der Waals surface area contributed by atoms with Crippen molar-refractivity contribution in [3.8, 4) is 23.0 Å². The number of anilines is 2. The summed E-state index contributed by atoms with van der Waals surface area (Å²) in [4.78, 5) is 43.2. The normalized spacial score (nSPS) is 12.9. The van der Waals surface area contributed by atoms with Gasteiger partial charge < -0.3 is 18.9 Å². The minimum absolute atomic E-state index is 0.175. The molecule has 4 amide bonds. The van der Waals surface area contributed by atoms with E-state index in [1.54, 1.807) is 78.9 Å². The molecule has 5 aromatic carbocycles. The molecular weight excluding hydrogens is 632 g/mol. The molecule has 0 saturated carbocycles. The molecule has 0 N–H and O–H groups in total. The Kier molecular flexibility index (Phi) is 10.5. The minimum atomic E-state index is -0.753. The van der Waals surface area contributed by atoms with Crippen LogP contribution in [0.25, 0.3) is 6.08 Å². The maximum Gasteiger partial charge on any atom is 0.343 e. The third-order valence-corrected chi connectivity index (χ3v) is 7.80. The Hall–Kier alpha value is -6.35. The standard InChI is InChI=1S/C41H36N2O7/c1-3-47-37-25-30(20-22-35(37)50-28-31-21-23-36(38(26-31)48-4-2)49-27-29-14-8-5-9-15-29)24-34-39(44)42(32-16-10-6-11-17-32)41(46)43(40(34)45)33-18-12-7-13-19-33/h5-26H,3-4,27-28H2,1-2H3. The van der Waals surface area contributed by atoms with Gasteiger partial charge in [0.1, 0.15) is 18.8 Å². The SMILES string of the molecule is CCOc1cc(C=C2C(=O)N(c3ccccc3)C(=O)N(c3ccccc3)C2=O)ccc1OCc1ccc(OCc2ccccc2)c(OCC)c1. The lowest BCUT2D eigenvalue weighted by atomic mass is 10.0. The van der Waals surface area contributed by atoms with Crippen LogP contribution >= 0.6 is 0 Å². The summed E-state index contributed by atoms with van der Waals surface area (Å²) in [6, 6.07) is 37.0. The highest BCUT2D eigenvalue weighted by molar-refractivity contribution is 6.46. The quantitative estimate of drug-likeness (QED) is 0.0922. The van der Waals surface area contributed by atoms with Gasteiger partial charge in [-0.2, -0.15) is 0 Å². The van der Waals surface area contributed by atoms with E-state index in [0.717, 1.165) is 20.9 Å². The van der Waals surface area contributed by atoms with E-state index < -0.39 is 17.8 Å². The van der Waals surface area contributed by atoms with Gasteiger partial charge in [0, 0.05) is 0 Å². The summed E-state index contributed by atoms with van der Waals surface area (Å²) in [5.41, 5.74) is 2.96. The predicted octanol–water partition coefficient (Wildman–Crippen LogP) is 8.23. The fourth-order valence-corrected chi connectivity index (χ4v) is 5.43. The summed E-state index contributed by atoms with van der Waals surface area (Å²) < 4.78 is 24.0. The highest BCUT2D eigenvalue weighted by Gasteiger charge is 2.43. The highest BCUT2D eigenvalue weighted by Crippen LogP contribution is 2.34. The molecule has 1 fully saturated rings. The van der Waals surface area contributed by atoms with Crippen LogP contribution in [0.15, 0.2) is 133 Å². The van der Waals surface area contributed by atoms with Crippen LogP contribution in [-0.4, -0.2) is 31.1 Å². The number of rotatable bonds is 13. The summed E-state index contributed by atoms with van der Waals surface area (Å²) in [6.45, 7) is 5.24. The first-order valence-electron chi connectivity index (χ1n) is 16.3. The molecule has 50 heavy (non-hydrogen) atoms. The van der Waals surface area contributed by atoms with Crippen LogP contribution in [0.2, 0.25) is 0 Å². The van der Waals surface area contributed by atoms with E-state index in [1.165, 1.54) is 6.08 Å². The third kappa shape index (κ3) is 7.52. The molecular formula is C41H36N2O7. The summed E-state index contributed by atoms with van der Waals surface area (Å²) >= 11 is 0. The van der Waals surface area contributed by atoms with E-state index in [1.807, 2.05) is 62.4 Å². The Bertz CT molecular complexity index is 1930. The second-order valence-electron chi connectivity index (χ2n) is 11.2. The number of imide groups is 2. The second-order valence-corrected chi connectivity index (χ2v) is 11.2. The Morgan fingerprint density at radius 1 is 0.500 bits per heavy atom. The van der Waals surface area contributed by atoms with Crippen LogP contribution in [0.4, 0.5) is 16.2 Å². The van der Waals surface area contributed by atoms with Crippen molar-refractivity contribution in [1.82, 2.24) is 0 Å². The zero-order chi connectivity index (χ0) is 34.9. The molecule has 1 saturated heterocycles. The number of barbiturate groups is 1. The number of urea groups is 1. The van der Waals surface area contributed by atoms with Gasteiger partial charge in [-0.05, 0) is 85.1 Å². The average Bonchev–Trinajstić information content (AvgIpc) is 3.14. The van der Waals surface area contributed by atoms with Gasteiger partial charge in [0.2, 0.25) is 0 Å². The number of carbonyl (C=O) groups is 3. The number of hydrogen-bond donors (Lipinski definition) is 0. The van der Waals surface area contributed by atoms with Gasteiger partial charge in [-0.25, -0.2) is 14.6 Å². The van der Waals surface area contributed by atoms with E-state index in [0.29, 0.717) is 59.8 Å². The van der Waals surface area contributed by atoms with Crippen molar-refractivity contribution in [3.05, 3.63) is 150 Å². The number of nitrogens with zero attached hydrogens (tertiary/aromatic N) is 2. The molecule has 252 valence electrons. The maximum atomic E-state index is 13.8. The zero-order valence-corrected chi connectivity index (χ0v) is 27.8. The van der Waals surface area contributed by atoms with Gasteiger partial charge in [0.05, 0.1) is 24.6 Å². The summed E-state index contributed by atoms with van der Waals surface area (Å²) in [5.74, 6) is 0.713. The Balaban J connectivity index is 1.25. The molecule has 0 unspecified atom stereocenters. The number of para-hydroxylation sites is 2. The molecule has 0 spiro atoms. The van der Waals surface area contributed by atoms with Crippen LogP contribution in [0, 0.1) is 0 Å². The number of hydrogen-bond acceptors (Lipinski definition) is 7. The molecule has 0 aliphatic carbocycles. The first-order valence-corrected chi connectivity index (χ1v) is 16.3. The lowest BCUT2D eigenvalue weighted by Gasteiger charge is -2.33. The van der Waals surface area contributed by atoms with Gasteiger partial charge in [0.25, 0.3) is 11.8 Å². The van der Waals surface area contributed by atoms with Crippen molar-refractivity contribution in [2.24, 2.45) is 0 Å². The summed E-state index contributed by atoms with van der Waals surface area (Å²) in [5, 5.41) is 0. The lowest BCUT2D eigenvalue weighted by Crippen LogP contribution is -2.57. The molecule has 1 aliphatic rings. The van der Waals surface area contributed by atoms with Crippen molar-refractivity contribution < 1.29 is 33.3 Å². The van der Waals surface area contributed by atoms with Crippen LogP contribution in [0.5, 0.6) is 23.0 Å². The number of amides is 4. The predicted molar refractivity (Wildman–Crippen MR) is 192 cm³/mol. The van der Waals surface area contributed by atoms with E-state index in [-0.39, 0.29) is 12.2 Å². The van der Waals surface area contributed by atoms with E-state index in [4.69, 9.17) is 18.9 Å². The third-order valence-electron chi connectivity index (χ3n) is 7.80. The highest BCUT2D eigenvalue weighted by atomic mass is 16.5. The zero-order valence-electron chi connectivity index (χ0n) is 27.8. The van der Waals surface area contributed by atoms with Crippen LogP contribution in [0.3, 0.4) is 0 Å². The van der Waals surface area contributed by atoms with Crippen molar-refractivity contribution in [3.63, 3.8) is 0 Å². The monoisotopic (exact) mass is 668 g/mol. The van der Waals surface area contributed by atoms with Crippen LogP contribution in [0.1, 0.15) is 30.5 Å². The second kappa shape index (κ2) is 15.7. The number of carbonyl (C=O) groups excluding carboxylic acids is 3. The minimum Gasteiger partial charge on any atom is -0.490 e. The molecule has 5 aromatic rings. The molecule has 0 atom stereocenters. The molecule has 6 rings (SSSR count). The number of ether oxygens (including phenoxy) is 4. The first kappa shape index (κ1) is 33.5. The van der Waals surface area contributed by atoms with Crippen molar-refractivity contribution in [2.75, 3.05) is 23.0 Å². The van der Waals surface area contributed by atoms with Gasteiger partial charge >= 0.3 is 6.03 Å². The molecule has 9 nitrogen and oxygen atoms in total. The smallest absolute Gasteiger partial charge is 0.343 e. The van der Waals surface area contributed by atoms with Crippen LogP contribution in [-0.2, 0) is 22.8 Å². The Morgan fingerprint density at radius 2 is 0.980 bits per heavy atom. The maximum absolute atomic E-state index is 13.8. The van der Waals surface area contributed by atoms with Crippen molar-refractivity contribution in [1.29, 1.82) is 0 Å². The molecule has 1 aliphatic heterocycles. The Morgan fingerprint density at radius 3 is 1.52 bits per heavy atom. The molecule has 0 radical (unpaired) electrons. The van der Waals surface area contributed by atoms with Gasteiger partial charge in [-0.3, -0.25) is 9.59 Å². The van der Waals surface area contributed by atoms with Gasteiger partial charge in [0.15, 0.2) is 23.0 Å². The van der Waals surface area contributed by atoms with Gasteiger partial charge in [-0.15, -0.1) is 0 Å². The van der Waals surface area contributed by atoms with Crippen LogP contribution < -0.4 is 28.7 Å². The molecule has 9 heteroatoms. The van der Waals surface area contributed by atoms with E-state index in [9.17, 15) is 14.4 Å². The molecule has 0 aromatic heterocycles. The summed E-state index contributed by atoms with van der Waals surface area (Å²) in [7, 11) is 0. The molecule has 0 bridgehead atoms. The van der Waals surface area contributed by atoms with E-state index in [2.05, 4.69) is 0 Å². The lowest BCUT2D eigenvalue weighted by molar-refractivity contribution is -0.121. The van der Waals surface area contributed by atoms with Gasteiger partial charge in [-0.1, -0.05) is 78.9 Å². The first-order chi connectivity index (χ1) is 24.5. The summed E-state index contributed by atoms with van der Waals surface area (Å²) in [6.07, 6.45) is 1.47. The van der Waals surface area contributed by atoms with E-state index >= 15 is 0 Å². The largest absolute Gasteiger partial charge is 0.490 e. The van der Waals surface area contributed by atoms with Crippen molar-refractivity contribution in [2.45, 2.75) is 27.1 Å². The van der Waals surface area contributed by atoms with Crippen molar-refractivity contribution >= 4 is 35.3 Å². The average molecular weight is 669 g/mol. The Labute approximate surface area is 290 Å². The topological polar surface area (TPSA) is 94.6 Å². The number of benzene rings is 5. The fourth-order valence-electron chi connectivity index (χ4n) is 5.43.